The van der Waals surface area contributed by atoms with Gasteiger partial charge in [-0.15, -0.1) is 11.3 Å². The summed E-state index contributed by atoms with van der Waals surface area (Å²) in [5.41, 5.74) is 0.522. The number of furan rings is 1. The van der Waals surface area contributed by atoms with Gasteiger partial charge >= 0.3 is 17.9 Å². The zero-order chi connectivity index (χ0) is 28.0. The summed E-state index contributed by atoms with van der Waals surface area (Å²) in [7, 11) is 0. The molecule has 1 aromatic carbocycles. The van der Waals surface area contributed by atoms with Gasteiger partial charge in [0.1, 0.15) is 22.5 Å². The average Bonchev–Trinajstić information content (AvgIpc) is 3.47. The van der Waals surface area contributed by atoms with Crippen molar-refractivity contribution in [3.8, 4) is 17.4 Å². The topological polar surface area (TPSA) is 144 Å². The molecule has 2 aromatic heterocycles. The maximum absolute atomic E-state index is 13.1. The molecule has 3 aromatic rings. The molecule has 0 fully saturated rings. The number of rotatable bonds is 10. The van der Waals surface area contributed by atoms with Crippen LogP contribution in [-0.2, 0) is 20.7 Å². The lowest BCUT2D eigenvalue weighted by atomic mass is 10.0. The molecule has 0 amide bonds. The molecule has 0 atom stereocenters. The van der Waals surface area contributed by atoms with Crippen molar-refractivity contribution in [2.75, 3.05) is 13.2 Å². The van der Waals surface area contributed by atoms with E-state index in [1.54, 1.807) is 20.8 Å². The molecule has 0 spiro atoms. The quantitative estimate of drug-likeness (QED) is 0.188. The Balaban J connectivity index is 1.93. The first-order valence-electron chi connectivity index (χ1n) is 11.4. The number of ether oxygens (including phenoxy) is 2. The molecule has 0 saturated heterocycles. The Morgan fingerprint density at radius 2 is 1.79 bits per heavy atom. The predicted molar refractivity (Wildman–Crippen MR) is 139 cm³/mol. The van der Waals surface area contributed by atoms with Gasteiger partial charge in [-0.3, -0.25) is 4.79 Å². The number of ketones is 1. The molecule has 11 heteroatoms. The Labute approximate surface area is 226 Å². The van der Waals surface area contributed by atoms with Crippen molar-refractivity contribution in [3.05, 3.63) is 73.1 Å². The lowest BCUT2D eigenvalue weighted by molar-refractivity contribution is -0.114. The number of carbonyl (C=O) groups excluding carboxylic acids is 3. The van der Waals surface area contributed by atoms with Crippen LogP contribution in [-0.4, -0.2) is 42.0 Å². The third kappa shape index (κ3) is 6.19. The van der Waals surface area contributed by atoms with Crippen molar-refractivity contribution in [2.45, 2.75) is 27.2 Å². The fourth-order valence-electron chi connectivity index (χ4n) is 3.54. The molecule has 0 aliphatic heterocycles. The average molecular weight is 556 g/mol. The van der Waals surface area contributed by atoms with Crippen LogP contribution in [0.25, 0.3) is 17.4 Å². The first-order valence-corrected chi connectivity index (χ1v) is 12.5. The zero-order valence-corrected chi connectivity index (χ0v) is 22.2. The summed E-state index contributed by atoms with van der Waals surface area (Å²) in [6, 6.07) is 9.01. The largest absolute Gasteiger partial charge is 0.478 e. The summed E-state index contributed by atoms with van der Waals surface area (Å²) in [5, 5.41) is 19.1. The summed E-state index contributed by atoms with van der Waals surface area (Å²) < 4.78 is 15.9. The highest BCUT2D eigenvalue weighted by atomic mass is 35.5. The van der Waals surface area contributed by atoms with Crippen LogP contribution in [0.5, 0.6) is 0 Å². The second-order valence-corrected chi connectivity index (χ2v) is 9.28. The number of carbonyl (C=O) groups is 4. The van der Waals surface area contributed by atoms with E-state index in [1.165, 1.54) is 36.4 Å². The van der Waals surface area contributed by atoms with E-state index in [4.69, 9.17) is 25.5 Å². The van der Waals surface area contributed by atoms with Crippen LogP contribution >= 0.6 is 22.9 Å². The highest BCUT2D eigenvalue weighted by Crippen LogP contribution is 2.33. The van der Waals surface area contributed by atoms with Crippen LogP contribution in [0.4, 0.5) is 0 Å². The Kier molecular flexibility index (Phi) is 9.23. The molecule has 196 valence electrons. The first-order chi connectivity index (χ1) is 18.1. The number of Topliss-reactive ketones (excluding diaryl/α,β-unsaturated/α-hetero) is 1. The van der Waals surface area contributed by atoms with Gasteiger partial charge in [-0.2, -0.15) is 5.26 Å². The van der Waals surface area contributed by atoms with E-state index in [9.17, 15) is 29.5 Å². The molecule has 0 aliphatic rings. The standard InChI is InChI=1S/C27H22ClNO8S/c1-4-35-26(33)23-14(3)24(27(34)36-5-2)38-22(23)12-20(30)16(13-29)10-17-7-9-21(37-17)18-11-15(25(31)32)6-8-19(18)28/h6-11H,4-5,12H2,1-3H3,(H,31,32)/b16-10+. The van der Waals surface area contributed by atoms with E-state index in [1.807, 2.05) is 6.07 Å². The number of thiophene rings is 1. The number of nitrogens with zero attached hydrogens (tertiary/aromatic N) is 1. The van der Waals surface area contributed by atoms with E-state index < -0.39 is 23.7 Å². The van der Waals surface area contributed by atoms with Crippen molar-refractivity contribution in [3.63, 3.8) is 0 Å². The number of hydrogen-bond donors (Lipinski definition) is 1. The number of halogens is 1. The van der Waals surface area contributed by atoms with Gasteiger partial charge in [-0.1, -0.05) is 11.6 Å². The van der Waals surface area contributed by atoms with Gasteiger partial charge in [0.05, 0.1) is 34.9 Å². The third-order valence-corrected chi connectivity index (χ3v) is 6.90. The minimum atomic E-state index is -1.14. The normalized spacial score (nSPS) is 11.1. The van der Waals surface area contributed by atoms with Crippen LogP contribution < -0.4 is 0 Å². The minimum Gasteiger partial charge on any atom is -0.478 e. The second-order valence-electron chi connectivity index (χ2n) is 7.77. The smallest absolute Gasteiger partial charge is 0.348 e. The molecule has 3 rings (SSSR count). The molecule has 0 radical (unpaired) electrons. The molecule has 2 heterocycles. The summed E-state index contributed by atoms with van der Waals surface area (Å²) in [4.78, 5) is 49.8. The van der Waals surface area contributed by atoms with Crippen molar-refractivity contribution in [1.29, 1.82) is 5.26 Å². The van der Waals surface area contributed by atoms with Crippen LogP contribution in [0.15, 0.2) is 40.3 Å². The maximum atomic E-state index is 13.1. The zero-order valence-electron chi connectivity index (χ0n) is 20.6. The number of carboxylic acid groups (broad SMARTS) is 1. The van der Waals surface area contributed by atoms with Crippen LogP contribution in [0, 0.1) is 18.3 Å². The van der Waals surface area contributed by atoms with Gasteiger partial charge in [0.15, 0.2) is 5.78 Å². The van der Waals surface area contributed by atoms with Crippen molar-refractivity contribution in [2.24, 2.45) is 0 Å². The van der Waals surface area contributed by atoms with E-state index in [2.05, 4.69) is 0 Å². The first kappa shape index (κ1) is 28.4. The molecule has 38 heavy (non-hydrogen) atoms. The lowest BCUT2D eigenvalue weighted by Crippen LogP contribution is -2.12. The Morgan fingerprint density at radius 1 is 1.11 bits per heavy atom. The second kappa shape index (κ2) is 12.4. The SMILES string of the molecule is CCOC(=O)c1sc(CC(=O)/C(C#N)=C/c2ccc(-c3cc(C(=O)O)ccc3Cl)o2)c(C(=O)OCC)c1C. The monoisotopic (exact) mass is 555 g/mol. The fourth-order valence-corrected chi connectivity index (χ4v) is 4.94. The third-order valence-electron chi connectivity index (χ3n) is 5.29. The summed E-state index contributed by atoms with van der Waals surface area (Å²) in [6.45, 7) is 5.09. The summed E-state index contributed by atoms with van der Waals surface area (Å²) in [5.74, 6) is -2.65. The van der Waals surface area contributed by atoms with Gasteiger partial charge in [0, 0.05) is 22.9 Å². The fraction of sp³-hybridized carbons (Fsp3) is 0.222. The van der Waals surface area contributed by atoms with E-state index in [-0.39, 0.29) is 62.6 Å². The van der Waals surface area contributed by atoms with Crippen molar-refractivity contribution < 1.29 is 38.2 Å². The molecular formula is C27H22ClNO8S. The molecule has 0 saturated carbocycles. The van der Waals surface area contributed by atoms with Crippen LogP contribution in [0.1, 0.15) is 60.4 Å². The highest BCUT2D eigenvalue weighted by Gasteiger charge is 2.28. The number of allylic oxidation sites excluding steroid dienone is 1. The molecule has 9 nitrogen and oxygen atoms in total. The number of nitriles is 1. The summed E-state index contributed by atoms with van der Waals surface area (Å²) in [6.07, 6.45) is 0.899. The number of esters is 2. The Bertz CT molecular complexity index is 1490. The number of aromatic carboxylic acids is 1. The van der Waals surface area contributed by atoms with Crippen LogP contribution in [0.2, 0.25) is 5.02 Å². The van der Waals surface area contributed by atoms with Gasteiger partial charge in [0.25, 0.3) is 0 Å². The van der Waals surface area contributed by atoms with E-state index in [0.717, 1.165) is 11.3 Å². The minimum absolute atomic E-state index is 0.0108. The lowest BCUT2D eigenvalue weighted by Gasteiger charge is -2.05. The molecule has 0 unspecified atom stereocenters. The predicted octanol–water partition coefficient (Wildman–Crippen LogP) is 5.74. The van der Waals surface area contributed by atoms with E-state index >= 15 is 0 Å². The Morgan fingerprint density at radius 3 is 2.42 bits per heavy atom. The van der Waals surface area contributed by atoms with Crippen molar-refractivity contribution in [1.82, 2.24) is 0 Å². The van der Waals surface area contributed by atoms with Gasteiger partial charge < -0.3 is 19.0 Å². The summed E-state index contributed by atoms with van der Waals surface area (Å²) >= 11 is 7.13. The molecule has 0 aliphatic carbocycles. The van der Waals surface area contributed by atoms with Crippen LogP contribution in [0.3, 0.4) is 0 Å². The van der Waals surface area contributed by atoms with Gasteiger partial charge in [0.2, 0.25) is 0 Å². The highest BCUT2D eigenvalue weighted by molar-refractivity contribution is 7.14. The molecule has 0 bridgehead atoms. The van der Waals surface area contributed by atoms with E-state index in [0.29, 0.717) is 11.1 Å². The number of carboxylic acids is 1. The Hall–Kier alpha value is -4.20. The molecule has 1 N–H and O–H groups in total. The number of benzene rings is 1. The molecular weight excluding hydrogens is 534 g/mol. The van der Waals surface area contributed by atoms with Gasteiger partial charge in [-0.05, 0) is 56.7 Å². The van der Waals surface area contributed by atoms with Gasteiger partial charge in [-0.25, -0.2) is 14.4 Å². The van der Waals surface area contributed by atoms with Crippen molar-refractivity contribution >= 4 is 52.7 Å². The number of hydrogen-bond acceptors (Lipinski definition) is 9. The maximum Gasteiger partial charge on any atom is 0.348 e.